The Morgan fingerprint density at radius 2 is 2.14 bits per heavy atom. The summed E-state index contributed by atoms with van der Waals surface area (Å²) in [5.41, 5.74) is 7.88. The average Bonchev–Trinajstić information content (AvgIpc) is 2.98. The van der Waals surface area contributed by atoms with Crippen LogP contribution in [-0.2, 0) is 20.1 Å². The van der Waals surface area contributed by atoms with E-state index in [0.717, 1.165) is 28.9 Å². The fraction of sp³-hybridized carbons (Fsp3) is 0.357. The second kappa shape index (κ2) is 5.17. The lowest BCUT2D eigenvalue weighted by Gasteiger charge is -2.15. The summed E-state index contributed by atoms with van der Waals surface area (Å²) in [6.07, 6.45) is 3.39. The summed E-state index contributed by atoms with van der Waals surface area (Å²) in [6, 6.07) is 1.98. The van der Waals surface area contributed by atoms with Crippen molar-refractivity contribution in [1.82, 2.24) is 24.6 Å². The largest absolute Gasteiger partial charge is 0.469 e. The van der Waals surface area contributed by atoms with Gasteiger partial charge in [0.2, 0.25) is 0 Å². The smallest absolute Gasteiger partial charge is 0.163 e. The standard InChI is InChI=1S/C14H18N6O/c1-9-10(4-5-21-9)7-19(2)8-12-17-13(15)11-6-16-20(3)14(11)18-12/h4-6H,7-8H2,1-3H3,(H2,15,17,18). The summed E-state index contributed by atoms with van der Waals surface area (Å²) >= 11 is 0. The first-order chi connectivity index (χ1) is 10.0. The van der Waals surface area contributed by atoms with Crippen LogP contribution in [0.5, 0.6) is 0 Å². The van der Waals surface area contributed by atoms with Crippen LogP contribution in [0, 0.1) is 6.92 Å². The normalized spacial score (nSPS) is 11.6. The first-order valence-electron chi connectivity index (χ1n) is 6.70. The molecule has 0 unspecified atom stereocenters. The number of aryl methyl sites for hydroxylation is 2. The molecule has 3 rings (SSSR count). The molecule has 110 valence electrons. The van der Waals surface area contributed by atoms with E-state index in [1.165, 1.54) is 0 Å². The Morgan fingerprint density at radius 1 is 1.33 bits per heavy atom. The van der Waals surface area contributed by atoms with E-state index < -0.39 is 0 Å². The van der Waals surface area contributed by atoms with Crippen molar-refractivity contribution >= 4 is 16.9 Å². The maximum absolute atomic E-state index is 5.97. The molecule has 0 spiro atoms. The number of hydrogen-bond acceptors (Lipinski definition) is 6. The summed E-state index contributed by atoms with van der Waals surface area (Å²) < 4.78 is 7.01. The third-order valence-corrected chi connectivity index (χ3v) is 3.49. The SMILES string of the molecule is Cc1occc1CN(C)Cc1nc(N)c2cnn(C)c2n1. The number of nitrogens with zero attached hydrogens (tertiary/aromatic N) is 5. The minimum atomic E-state index is 0.469. The average molecular weight is 286 g/mol. The second-order valence-electron chi connectivity index (χ2n) is 5.20. The Morgan fingerprint density at radius 3 is 2.86 bits per heavy atom. The molecule has 7 nitrogen and oxygen atoms in total. The minimum Gasteiger partial charge on any atom is -0.469 e. The molecule has 0 radical (unpaired) electrons. The molecule has 0 amide bonds. The highest BCUT2D eigenvalue weighted by molar-refractivity contribution is 5.84. The molecule has 7 heteroatoms. The molecule has 0 atom stereocenters. The fourth-order valence-corrected chi connectivity index (χ4v) is 2.32. The van der Waals surface area contributed by atoms with Crippen molar-refractivity contribution in [3.8, 4) is 0 Å². The lowest BCUT2D eigenvalue weighted by atomic mass is 10.2. The number of aromatic nitrogens is 4. The molecule has 0 fully saturated rings. The third-order valence-electron chi connectivity index (χ3n) is 3.49. The summed E-state index contributed by atoms with van der Waals surface area (Å²) in [6.45, 7) is 3.34. The van der Waals surface area contributed by atoms with E-state index in [1.54, 1.807) is 17.1 Å². The monoisotopic (exact) mass is 286 g/mol. The van der Waals surface area contributed by atoms with Crippen LogP contribution in [0.1, 0.15) is 17.1 Å². The molecule has 21 heavy (non-hydrogen) atoms. The van der Waals surface area contributed by atoms with Crippen LogP contribution in [0.4, 0.5) is 5.82 Å². The van der Waals surface area contributed by atoms with Gasteiger partial charge in [-0.2, -0.15) is 5.10 Å². The van der Waals surface area contributed by atoms with Gasteiger partial charge in [-0.1, -0.05) is 0 Å². The zero-order valence-corrected chi connectivity index (χ0v) is 12.4. The van der Waals surface area contributed by atoms with Crippen LogP contribution in [0.3, 0.4) is 0 Å². The Labute approximate surface area is 122 Å². The number of anilines is 1. The van der Waals surface area contributed by atoms with Gasteiger partial charge in [0.25, 0.3) is 0 Å². The van der Waals surface area contributed by atoms with Gasteiger partial charge in [0.15, 0.2) is 5.65 Å². The van der Waals surface area contributed by atoms with Crippen LogP contribution in [0.15, 0.2) is 22.9 Å². The van der Waals surface area contributed by atoms with Crippen molar-refractivity contribution in [1.29, 1.82) is 0 Å². The Bertz CT molecular complexity index is 775. The van der Waals surface area contributed by atoms with E-state index >= 15 is 0 Å². The molecule has 0 aromatic carbocycles. The number of hydrogen-bond donors (Lipinski definition) is 1. The molecule has 2 N–H and O–H groups in total. The Kier molecular flexibility index (Phi) is 3.34. The van der Waals surface area contributed by atoms with Gasteiger partial charge in [-0.05, 0) is 20.0 Å². The summed E-state index contributed by atoms with van der Waals surface area (Å²) in [5.74, 6) is 2.09. The van der Waals surface area contributed by atoms with E-state index in [4.69, 9.17) is 10.2 Å². The topological polar surface area (TPSA) is 86.0 Å². The molecule has 0 aliphatic rings. The minimum absolute atomic E-state index is 0.469. The van der Waals surface area contributed by atoms with E-state index in [-0.39, 0.29) is 0 Å². The summed E-state index contributed by atoms with van der Waals surface area (Å²) in [4.78, 5) is 11.0. The molecule has 0 aliphatic heterocycles. The van der Waals surface area contributed by atoms with Crippen molar-refractivity contribution in [3.63, 3.8) is 0 Å². The number of rotatable bonds is 4. The first-order valence-corrected chi connectivity index (χ1v) is 6.70. The number of nitrogens with two attached hydrogens (primary N) is 1. The van der Waals surface area contributed by atoms with Crippen molar-refractivity contribution in [3.05, 3.63) is 35.7 Å². The Balaban J connectivity index is 1.81. The van der Waals surface area contributed by atoms with Crippen LogP contribution >= 0.6 is 0 Å². The molecule has 0 saturated carbocycles. The van der Waals surface area contributed by atoms with Gasteiger partial charge in [-0.3, -0.25) is 9.58 Å². The Hall–Kier alpha value is -2.41. The third kappa shape index (κ3) is 2.59. The summed E-state index contributed by atoms with van der Waals surface area (Å²) in [5, 5.41) is 4.94. The molecule has 3 heterocycles. The number of fused-ring (bicyclic) bond motifs is 1. The van der Waals surface area contributed by atoms with E-state index in [9.17, 15) is 0 Å². The molecule has 0 aliphatic carbocycles. The van der Waals surface area contributed by atoms with Crippen molar-refractivity contribution in [2.24, 2.45) is 7.05 Å². The summed E-state index contributed by atoms with van der Waals surface area (Å²) in [7, 11) is 3.86. The van der Waals surface area contributed by atoms with Gasteiger partial charge in [0.05, 0.1) is 24.4 Å². The maximum Gasteiger partial charge on any atom is 0.163 e. The highest BCUT2D eigenvalue weighted by atomic mass is 16.3. The van der Waals surface area contributed by atoms with E-state index in [0.29, 0.717) is 18.2 Å². The molecular formula is C14H18N6O. The molecule has 3 aromatic heterocycles. The lowest BCUT2D eigenvalue weighted by molar-refractivity contribution is 0.308. The van der Waals surface area contributed by atoms with Gasteiger partial charge in [-0.25, -0.2) is 9.97 Å². The highest BCUT2D eigenvalue weighted by Gasteiger charge is 2.12. The molecule has 0 bridgehead atoms. The van der Waals surface area contributed by atoms with Gasteiger partial charge in [-0.15, -0.1) is 0 Å². The second-order valence-corrected chi connectivity index (χ2v) is 5.20. The zero-order valence-electron chi connectivity index (χ0n) is 12.4. The van der Waals surface area contributed by atoms with Crippen molar-refractivity contribution in [2.75, 3.05) is 12.8 Å². The first kappa shape index (κ1) is 13.6. The van der Waals surface area contributed by atoms with Crippen LogP contribution < -0.4 is 5.73 Å². The molecular weight excluding hydrogens is 268 g/mol. The predicted octanol–water partition coefficient (Wildman–Crippen LogP) is 1.48. The predicted molar refractivity (Wildman–Crippen MR) is 79.3 cm³/mol. The zero-order chi connectivity index (χ0) is 15.0. The molecule has 3 aromatic rings. The van der Waals surface area contributed by atoms with Gasteiger partial charge in [0, 0.05) is 19.2 Å². The van der Waals surface area contributed by atoms with Gasteiger partial charge >= 0.3 is 0 Å². The van der Waals surface area contributed by atoms with Gasteiger partial charge in [0.1, 0.15) is 17.4 Å². The van der Waals surface area contributed by atoms with Gasteiger partial charge < -0.3 is 10.2 Å². The van der Waals surface area contributed by atoms with E-state index in [2.05, 4.69) is 20.0 Å². The molecule has 0 saturated heterocycles. The van der Waals surface area contributed by atoms with Crippen molar-refractivity contribution < 1.29 is 4.42 Å². The van der Waals surface area contributed by atoms with Crippen molar-refractivity contribution in [2.45, 2.75) is 20.0 Å². The quantitative estimate of drug-likeness (QED) is 0.781. The number of nitrogen functional groups attached to an aromatic ring is 1. The van der Waals surface area contributed by atoms with Crippen LogP contribution in [-0.4, -0.2) is 31.7 Å². The van der Waals surface area contributed by atoms with E-state index in [1.807, 2.05) is 27.1 Å². The fourth-order valence-electron chi connectivity index (χ4n) is 2.32. The van der Waals surface area contributed by atoms with Crippen LogP contribution in [0.25, 0.3) is 11.0 Å². The number of furan rings is 1. The maximum atomic E-state index is 5.97. The lowest BCUT2D eigenvalue weighted by Crippen LogP contribution is -2.19. The van der Waals surface area contributed by atoms with Crippen LogP contribution in [0.2, 0.25) is 0 Å². The highest BCUT2D eigenvalue weighted by Crippen LogP contribution is 2.17.